The third-order valence-corrected chi connectivity index (χ3v) is 1.93. The number of rotatable bonds is 3. The van der Waals surface area contributed by atoms with Gasteiger partial charge in [-0.3, -0.25) is 0 Å². The summed E-state index contributed by atoms with van der Waals surface area (Å²) in [4.78, 5) is 8.42. The van der Waals surface area contributed by atoms with Gasteiger partial charge >= 0.3 is 0 Å². The average molecular weight is 203 g/mol. The van der Waals surface area contributed by atoms with Gasteiger partial charge in [0.05, 0.1) is 5.69 Å². The molecule has 2 rings (SSSR count). The highest BCUT2D eigenvalue weighted by atomic mass is 15.3. The van der Waals surface area contributed by atoms with Crippen LogP contribution in [0.2, 0.25) is 0 Å². The smallest absolute Gasteiger partial charge is 0.224 e. The first-order chi connectivity index (χ1) is 7.29. The Morgan fingerprint density at radius 2 is 2.27 bits per heavy atom. The van der Waals surface area contributed by atoms with E-state index in [0.717, 1.165) is 18.1 Å². The van der Waals surface area contributed by atoms with Crippen molar-refractivity contribution >= 4 is 5.95 Å². The lowest BCUT2D eigenvalue weighted by Gasteiger charge is -2.03. The molecule has 0 saturated carbocycles. The summed E-state index contributed by atoms with van der Waals surface area (Å²) in [6.45, 7) is 4.76. The molecule has 0 aromatic carbocycles. The Balaban J connectivity index is 2.32. The van der Waals surface area contributed by atoms with Gasteiger partial charge in [-0.2, -0.15) is 10.1 Å². The Kier molecular flexibility index (Phi) is 2.62. The largest absolute Gasteiger partial charge is 0.354 e. The Labute approximate surface area is 88.2 Å². The molecule has 2 aromatic heterocycles. The predicted molar refractivity (Wildman–Crippen MR) is 58.1 cm³/mol. The zero-order valence-electron chi connectivity index (χ0n) is 8.81. The van der Waals surface area contributed by atoms with Gasteiger partial charge in [-0.05, 0) is 19.9 Å². The van der Waals surface area contributed by atoms with Gasteiger partial charge in [-0.15, -0.1) is 0 Å². The quantitative estimate of drug-likeness (QED) is 0.819. The first kappa shape index (κ1) is 9.64. The second-order valence-electron chi connectivity index (χ2n) is 3.17. The van der Waals surface area contributed by atoms with Gasteiger partial charge < -0.3 is 5.32 Å². The molecular formula is C10H13N5. The molecule has 0 bridgehead atoms. The molecule has 5 nitrogen and oxygen atoms in total. The topological polar surface area (TPSA) is 55.6 Å². The number of hydrogen-bond donors (Lipinski definition) is 1. The zero-order chi connectivity index (χ0) is 10.7. The van der Waals surface area contributed by atoms with Crippen molar-refractivity contribution in [1.82, 2.24) is 19.7 Å². The minimum Gasteiger partial charge on any atom is -0.354 e. The van der Waals surface area contributed by atoms with Crippen LogP contribution in [0.15, 0.2) is 24.5 Å². The Morgan fingerprint density at radius 1 is 1.40 bits per heavy atom. The van der Waals surface area contributed by atoms with Crippen molar-refractivity contribution in [1.29, 1.82) is 0 Å². The Morgan fingerprint density at radius 3 is 2.93 bits per heavy atom. The summed E-state index contributed by atoms with van der Waals surface area (Å²) in [6.07, 6.45) is 3.60. The Hall–Kier alpha value is -1.91. The maximum absolute atomic E-state index is 4.32. The number of hydrogen-bond acceptors (Lipinski definition) is 4. The predicted octanol–water partition coefficient (Wildman–Crippen LogP) is 1.40. The summed E-state index contributed by atoms with van der Waals surface area (Å²) in [5.74, 6) is 1.40. The molecule has 2 heterocycles. The van der Waals surface area contributed by atoms with E-state index in [1.54, 1.807) is 10.9 Å². The highest BCUT2D eigenvalue weighted by molar-refractivity contribution is 5.31. The fourth-order valence-electron chi connectivity index (χ4n) is 1.26. The molecule has 0 unspecified atom stereocenters. The SMILES string of the molecule is CCNc1nccc(-n2ccc(C)n2)n1. The maximum atomic E-state index is 4.32. The minimum absolute atomic E-state index is 0.628. The van der Waals surface area contributed by atoms with Gasteiger partial charge in [0.15, 0.2) is 5.82 Å². The normalized spacial score (nSPS) is 10.3. The monoisotopic (exact) mass is 203 g/mol. The van der Waals surface area contributed by atoms with Gasteiger partial charge in [0.1, 0.15) is 0 Å². The number of anilines is 1. The van der Waals surface area contributed by atoms with Crippen molar-refractivity contribution in [3.05, 3.63) is 30.2 Å². The van der Waals surface area contributed by atoms with E-state index in [1.807, 2.05) is 32.2 Å². The molecule has 0 radical (unpaired) electrons. The summed E-state index contributed by atoms with van der Waals surface area (Å²) in [5.41, 5.74) is 0.971. The molecule has 0 aliphatic rings. The number of nitrogens with zero attached hydrogens (tertiary/aromatic N) is 4. The van der Waals surface area contributed by atoms with E-state index in [-0.39, 0.29) is 0 Å². The lowest BCUT2D eigenvalue weighted by molar-refractivity contribution is 0.826. The molecule has 15 heavy (non-hydrogen) atoms. The number of nitrogens with one attached hydrogen (secondary N) is 1. The number of aromatic nitrogens is 4. The van der Waals surface area contributed by atoms with Crippen LogP contribution in [0.1, 0.15) is 12.6 Å². The molecule has 0 fully saturated rings. The van der Waals surface area contributed by atoms with E-state index in [0.29, 0.717) is 5.95 Å². The van der Waals surface area contributed by atoms with Gasteiger partial charge in [0.2, 0.25) is 5.95 Å². The second-order valence-corrected chi connectivity index (χ2v) is 3.17. The fraction of sp³-hybridized carbons (Fsp3) is 0.300. The Bertz CT molecular complexity index is 449. The lowest BCUT2D eigenvalue weighted by atomic mass is 10.5. The van der Waals surface area contributed by atoms with Crippen molar-refractivity contribution < 1.29 is 0 Å². The average Bonchev–Trinajstić information content (AvgIpc) is 2.66. The van der Waals surface area contributed by atoms with Crippen LogP contribution in [0.5, 0.6) is 0 Å². The summed E-state index contributed by atoms with van der Waals surface area (Å²) >= 11 is 0. The van der Waals surface area contributed by atoms with Gasteiger partial charge in [0.25, 0.3) is 0 Å². The molecule has 0 atom stereocenters. The van der Waals surface area contributed by atoms with Crippen LogP contribution in [-0.2, 0) is 0 Å². The van der Waals surface area contributed by atoms with Crippen LogP contribution < -0.4 is 5.32 Å². The minimum atomic E-state index is 0.628. The fourth-order valence-corrected chi connectivity index (χ4v) is 1.26. The summed E-state index contributed by atoms with van der Waals surface area (Å²) < 4.78 is 1.73. The van der Waals surface area contributed by atoms with Crippen LogP contribution in [0.4, 0.5) is 5.95 Å². The van der Waals surface area contributed by atoms with Crippen molar-refractivity contribution in [2.75, 3.05) is 11.9 Å². The zero-order valence-corrected chi connectivity index (χ0v) is 8.81. The third-order valence-electron chi connectivity index (χ3n) is 1.93. The molecule has 5 heteroatoms. The number of aryl methyl sites for hydroxylation is 1. The van der Waals surface area contributed by atoms with Crippen LogP contribution in [-0.4, -0.2) is 26.3 Å². The van der Waals surface area contributed by atoms with Crippen molar-refractivity contribution in [3.8, 4) is 5.82 Å². The molecule has 78 valence electrons. The maximum Gasteiger partial charge on any atom is 0.224 e. The molecule has 0 saturated heterocycles. The van der Waals surface area contributed by atoms with E-state index in [1.165, 1.54) is 0 Å². The first-order valence-corrected chi connectivity index (χ1v) is 4.89. The van der Waals surface area contributed by atoms with E-state index >= 15 is 0 Å². The molecule has 0 aliphatic heterocycles. The third kappa shape index (κ3) is 2.12. The van der Waals surface area contributed by atoms with Gasteiger partial charge in [-0.25, -0.2) is 9.67 Å². The highest BCUT2D eigenvalue weighted by Crippen LogP contribution is 2.05. The van der Waals surface area contributed by atoms with Crippen molar-refractivity contribution in [2.24, 2.45) is 0 Å². The van der Waals surface area contributed by atoms with E-state index in [2.05, 4.69) is 20.4 Å². The van der Waals surface area contributed by atoms with E-state index < -0.39 is 0 Å². The van der Waals surface area contributed by atoms with Crippen LogP contribution in [0.25, 0.3) is 5.82 Å². The van der Waals surface area contributed by atoms with Gasteiger partial charge in [0, 0.05) is 25.0 Å². The van der Waals surface area contributed by atoms with Crippen LogP contribution >= 0.6 is 0 Å². The second kappa shape index (κ2) is 4.08. The van der Waals surface area contributed by atoms with Crippen molar-refractivity contribution in [3.63, 3.8) is 0 Å². The first-order valence-electron chi connectivity index (χ1n) is 4.89. The lowest BCUT2D eigenvalue weighted by Crippen LogP contribution is -2.05. The standard InChI is InChI=1S/C10H13N5/c1-3-11-10-12-6-4-9(13-10)15-7-5-8(2)14-15/h4-7H,3H2,1-2H3,(H,11,12,13). The summed E-state index contributed by atoms with van der Waals surface area (Å²) in [7, 11) is 0. The van der Waals surface area contributed by atoms with Crippen LogP contribution in [0, 0.1) is 6.92 Å². The van der Waals surface area contributed by atoms with E-state index in [4.69, 9.17) is 0 Å². The summed E-state index contributed by atoms with van der Waals surface area (Å²) in [6, 6.07) is 3.77. The van der Waals surface area contributed by atoms with Crippen molar-refractivity contribution in [2.45, 2.75) is 13.8 Å². The molecule has 2 aromatic rings. The molecule has 0 aliphatic carbocycles. The molecular weight excluding hydrogens is 190 g/mol. The van der Waals surface area contributed by atoms with Gasteiger partial charge in [-0.1, -0.05) is 0 Å². The molecule has 0 spiro atoms. The van der Waals surface area contributed by atoms with Crippen LogP contribution in [0.3, 0.4) is 0 Å². The summed E-state index contributed by atoms with van der Waals surface area (Å²) in [5, 5.41) is 7.34. The molecule has 0 amide bonds. The molecule has 1 N–H and O–H groups in total. The van der Waals surface area contributed by atoms with E-state index in [9.17, 15) is 0 Å². The highest BCUT2D eigenvalue weighted by Gasteiger charge is 2.01.